The summed E-state index contributed by atoms with van der Waals surface area (Å²) in [5, 5.41) is 3.50. The molecule has 2 nitrogen and oxygen atoms in total. The lowest BCUT2D eigenvalue weighted by Crippen LogP contribution is -2.45. The van der Waals surface area contributed by atoms with E-state index in [4.69, 9.17) is 4.74 Å². The molecule has 1 aromatic carbocycles. The van der Waals surface area contributed by atoms with Gasteiger partial charge in [0.2, 0.25) is 0 Å². The second-order valence-electron chi connectivity index (χ2n) is 4.62. The third-order valence-corrected chi connectivity index (χ3v) is 3.47. The third-order valence-electron chi connectivity index (χ3n) is 2.80. The van der Waals surface area contributed by atoms with Gasteiger partial charge < -0.3 is 10.1 Å². The Bertz CT molecular complexity index is 361. The highest BCUT2D eigenvalue weighted by Gasteiger charge is 2.32. The minimum Gasteiger partial charge on any atom is -0.384 e. The van der Waals surface area contributed by atoms with Gasteiger partial charge in [-0.2, -0.15) is 0 Å². The van der Waals surface area contributed by atoms with E-state index in [0.717, 1.165) is 19.8 Å². The van der Waals surface area contributed by atoms with E-state index in [2.05, 4.69) is 60.0 Å². The van der Waals surface area contributed by atoms with Crippen molar-refractivity contribution in [2.75, 3.05) is 25.1 Å². The zero-order chi connectivity index (χ0) is 10.9. The number of benzene rings is 1. The molecule has 3 heteroatoms. The molecule has 1 aliphatic heterocycles. The Balaban J connectivity index is 1.98. The van der Waals surface area contributed by atoms with E-state index in [1.165, 1.54) is 14.8 Å². The molecule has 1 heterocycles. The van der Waals surface area contributed by atoms with E-state index in [-0.39, 0.29) is 0 Å². The molecule has 0 aliphatic carbocycles. The van der Waals surface area contributed by atoms with Gasteiger partial charge in [0.05, 0.1) is 13.2 Å². The fraction of sp³-hybridized carbons (Fsp3) is 0.500. The second kappa shape index (κ2) is 4.29. The predicted octanol–water partition coefficient (Wildman–Crippen LogP) is 3.05. The first-order chi connectivity index (χ1) is 7.09. The van der Waals surface area contributed by atoms with E-state index in [1.807, 2.05) is 0 Å². The fourth-order valence-corrected chi connectivity index (χ4v) is 2.33. The van der Waals surface area contributed by atoms with Gasteiger partial charge >= 0.3 is 0 Å². The maximum atomic E-state index is 5.23. The zero-order valence-corrected chi connectivity index (χ0v) is 11.3. The van der Waals surface area contributed by atoms with Gasteiger partial charge in [0.1, 0.15) is 0 Å². The summed E-state index contributed by atoms with van der Waals surface area (Å²) in [5.41, 5.74) is 2.88. The summed E-state index contributed by atoms with van der Waals surface area (Å²) in [6, 6.07) is 6.48. The van der Waals surface area contributed by atoms with Crippen LogP contribution in [-0.2, 0) is 4.74 Å². The number of nitrogens with one attached hydrogen (secondary N) is 1. The Morgan fingerprint density at radius 2 is 2.20 bits per heavy atom. The summed E-state index contributed by atoms with van der Waals surface area (Å²) in [6.07, 6.45) is 0. The van der Waals surface area contributed by atoms with E-state index in [0.29, 0.717) is 5.41 Å². The molecule has 0 saturated carbocycles. The summed E-state index contributed by atoms with van der Waals surface area (Å²) in [4.78, 5) is 0. The Morgan fingerprint density at radius 3 is 2.73 bits per heavy atom. The topological polar surface area (TPSA) is 21.3 Å². The molecule has 0 bridgehead atoms. The first kappa shape index (κ1) is 11.2. The van der Waals surface area contributed by atoms with Crippen molar-refractivity contribution < 1.29 is 4.74 Å². The highest BCUT2D eigenvalue weighted by Crippen LogP contribution is 2.27. The Hall–Kier alpha value is -0.290. The number of hydrogen-bond donors (Lipinski definition) is 1. The van der Waals surface area contributed by atoms with Crippen molar-refractivity contribution in [1.82, 2.24) is 0 Å². The van der Waals surface area contributed by atoms with Crippen LogP contribution in [0.2, 0.25) is 0 Å². The first-order valence-corrected chi connectivity index (χ1v) is 6.25. The molecule has 15 heavy (non-hydrogen) atoms. The average molecular weight is 317 g/mol. The lowest BCUT2D eigenvalue weighted by molar-refractivity contribution is -0.0924. The molecule has 1 fully saturated rings. The van der Waals surface area contributed by atoms with Crippen LogP contribution in [0.5, 0.6) is 0 Å². The van der Waals surface area contributed by atoms with Crippen LogP contribution < -0.4 is 5.32 Å². The van der Waals surface area contributed by atoms with Gasteiger partial charge in [-0.25, -0.2) is 0 Å². The van der Waals surface area contributed by atoms with Gasteiger partial charge in [0.15, 0.2) is 0 Å². The van der Waals surface area contributed by atoms with Crippen molar-refractivity contribution >= 4 is 28.3 Å². The van der Waals surface area contributed by atoms with Crippen LogP contribution in [-0.4, -0.2) is 19.8 Å². The van der Waals surface area contributed by atoms with Crippen molar-refractivity contribution in [3.8, 4) is 0 Å². The molecule has 0 aromatic heterocycles. The summed E-state index contributed by atoms with van der Waals surface area (Å²) in [7, 11) is 0. The van der Waals surface area contributed by atoms with Crippen molar-refractivity contribution in [1.29, 1.82) is 0 Å². The maximum Gasteiger partial charge on any atom is 0.0559 e. The Morgan fingerprint density at radius 1 is 1.47 bits per heavy atom. The van der Waals surface area contributed by atoms with Crippen LogP contribution >= 0.6 is 22.6 Å². The van der Waals surface area contributed by atoms with Crippen LogP contribution in [0, 0.1) is 15.9 Å². The van der Waals surface area contributed by atoms with E-state index >= 15 is 0 Å². The molecule has 0 amide bonds. The molecule has 2 rings (SSSR count). The minimum atomic E-state index is 0.329. The molecule has 1 aliphatic rings. The zero-order valence-electron chi connectivity index (χ0n) is 9.14. The number of rotatable bonds is 3. The average Bonchev–Trinajstić information content (AvgIpc) is 2.14. The molecule has 0 unspecified atom stereocenters. The molecular formula is C12H16INO. The summed E-state index contributed by atoms with van der Waals surface area (Å²) >= 11 is 2.34. The monoisotopic (exact) mass is 317 g/mol. The van der Waals surface area contributed by atoms with Crippen molar-refractivity contribution in [2.24, 2.45) is 5.41 Å². The number of ether oxygens (including phenoxy) is 1. The number of aryl methyl sites for hydroxylation is 1. The SMILES string of the molecule is Cc1cc(I)ccc1NCC1(C)COC1. The van der Waals surface area contributed by atoms with E-state index in [9.17, 15) is 0 Å². The predicted molar refractivity (Wildman–Crippen MR) is 71.3 cm³/mol. The standard InChI is InChI=1S/C12H16INO/c1-9-5-10(13)3-4-11(9)14-6-12(2)7-15-8-12/h3-5,14H,6-8H2,1-2H3. The molecule has 0 spiro atoms. The molecule has 0 atom stereocenters. The van der Waals surface area contributed by atoms with Gasteiger partial charge in [-0.05, 0) is 53.3 Å². The molecule has 82 valence electrons. The van der Waals surface area contributed by atoms with Crippen LogP contribution in [0.3, 0.4) is 0 Å². The lowest BCUT2D eigenvalue weighted by atomic mass is 9.88. The maximum absolute atomic E-state index is 5.23. The highest BCUT2D eigenvalue weighted by atomic mass is 127. The largest absolute Gasteiger partial charge is 0.384 e. The molecule has 1 aromatic rings. The van der Waals surface area contributed by atoms with Crippen molar-refractivity contribution in [3.63, 3.8) is 0 Å². The summed E-state index contributed by atoms with van der Waals surface area (Å²) in [6.45, 7) is 7.15. The van der Waals surface area contributed by atoms with E-state index in [1.54, 1.807) is 0 Å². The summed E-state index contributed by atoms with van der Waals surface area (Å²) < 4.78 is 6.52. The smallest absolute Gasteiger partial charge is 0.0559 e. The number of hydrogen-bond acceptors (Lipinski definition) is 2. The van der Waals surface area contributed by atoms with Crippen LogP contribution in [0.15, 0.2) is 18.2 Å². The highest BCUT2D eigenvalue weighted by molar-refractivity contribution is 14.1. The molecule has 0 radical (unpaired) electrons. The molecular weight excluding hydrogens is 301 g/mol. The Kier molecular flexibility index (Phi) is 3.21. The number of anilines is 1. The Labute approximate surface area is 105 Å². The first-order valence-electron chi connectivity index (χ1n) is 5.17. The van der Waals surface area contributed by atoms with Crippen molar-refractivity contribution in [3.05, 3.63) is 27.3 Å². The van der Waals surface area contributed by atoms with Gasteiger partial charge in [0, 0.05) is 21.2 Å². The van der Waals surface area contributed by atoms with Gasteiger partial charge in [-0.15, -0.1) is 0 Å². The molecule has 1 N–H and O–H groups in total. The minimum absolute atomic E-state index is 0.329. The lowest BCUT2D eigenvalue weighted by Gasteiger charge is -2.38. The van der Waals surface area contributed by atoms with Gasteiger partial charge in [-0.3, -0.25) is 0 Å². The van der Waals surface area contributed by atoms with Gasteiger partial charge in [-0.1, -0.05) is 6.92 Å². The van der Waals surface area contributed by atoms with E-state index < -0.39 is 0 Å². The quantitative estimate of drug-likeness (QED) is 0.865. The molecule has 1 saturated heterocycles. The van der Waals surface area contributed by atoms with Crippen molar-refractivity contribution in [2.45, 2.75) is 13.8 Å². The third kappa shape index (κ3) is 2.64. The van der Waals surface area contributed by atoms with Crippen LogP contribution in [0.25, 0.3) is 0 Å². The number of halogens is 1. The van der Waals surface area contributed by atoms with Crippen LogP contribution in [0.4, 0.5) is 5.69 Å². The fourth-order valence-electron chi connectivity index (χ4n) is 1.69. The normalized spacial score (nSPS) is 18.3. The van der Waals surface area contributed by atoms with Gasteiger partial charge in [0.25, 0.3) is 0 Å². The summed E-state index contributed by atoms with van der Waals surface area (Å²) in [5.74, 6) is 0. The second-order valence-corrected chi connectivity index (χ2v) is 5.86. The van der Waals surface area contributed by atoms with Crippen LogP contribution in [0.1, 0.15) is 12.5 Å².